The number of para-hydroxylation sites is 1. The minimum Gasteiger partial charge on any atom is -0.480 e. The van der Waals surface area contributed by atoms with Gasteiger partial charge in [0.1, 0.15) is 5.75 Å². The van der Waals surface area contributed by atoms with Gasteiger partial charge in [-0.2, -0.15) is 0 Å². The predicted molar refractivity (Wildman–Crippen MR) is 80.4 cm³/mol. The smallest absolute Gasteiger partial charge is 0.264 e. The van der Waals surface area contributed by atoms with Gasteiger partial charge >= 0.3 is 0 Å². The molecule has 0 fully saturated rings. The van der Waals surface area contributed by atoms with Crippen molar-refractivity contribution >= 4 is 28.8 Å². The highest BCUT2D eigenvalue weighted by Crippen LogP contribution is 2.29. The molecule has 1 amide bonds. The highest BCUT2D eigenvalue weighted by molar-refractivity contribution is 7.16. The van der Waals surface area contributed by atoms with Gasteiger partial charge in [-0.3, -0.25) is 4.79 Å². The standard InChI is InChI=1S/C15H14ClNO2S/c1-17(9-11-6-7-14(16)20-11)15(18)13-8-10-4-2-3-5-12(10)19-13/h2-7,13H,8-9H2,1H3. The van der Waals surface area contributed by atoms with Crippen molar-refractivity contribution in [3.05, 3.63) is 51.2 Å². The van der Waals surface area contributed by atoms with Crippen LogP contribution in [0.3, 0.4) is 0 Å². The van der Waals surface area contributed by atoms with Crippen LogP contribution in [0.5, 0.6) is 5.75 Å². The number of ether oxygens (including phenoxy) is 1. The van der Waals surface area contributed by atoms with E-state index >= 15 is 0 Å². The minimum atomic E-state index is -0.409. The summed E-state index contributed by atoms with van der Waals surface area (Å²) in [5.41, 5.74) is 1.10. The van der Waals surface area contributed by atoms with Crippen molar-refractivity contribution in [1.29, 1.82) is 0 Å². The molecule has 5 heteroatoms. The average Bonchev–Trinajstić information content (AvgIpc) is 3.03. The van der Waals surface area contributed by atoms with Gasteiger partial charge in [-0.05, 0) is 23.8 Å². The van der Waals surface area contributed by atoms with Gasteiger partial charge in [0.25, 0.3) is 5.91 Å². The molecule has 0 saturated carbocycles. The van der Waals surface area contributed by atoms with E-state index in [2.05, 4.69) is 0 Å². The van der Waals surface area contributed by atoms with Crippen molar-refractivity contribution in [1.82, 2.24) is 4.90 Å². The highest BCUT2D eigenvalue weighted by Gasteiger charge is 2.30. The summed E-state index contributed by atoms with van der Waals surface area (Å²) < 4.78 is 6.46. The Balaban J connectivity index is 1.65. The van der Waals surface area contributed by atoms with Gasteiger partial charge in [-0.25, -0.2) is 0 Å². The number of amides is 1. The number of hydrogen-bond donors (Lipinski definition) is 0. The summed E-state index contributed by atoms with van der Waals surface area (Å²) in [5.74, 6) is 0.823. The van der Waals surface area contributed by atoms with Gasteiger partial charge in [-0.1, -0.05) is 29.8 Å². The summed E-state index contributed by atoms with van der Waals surface area (Å²) in [6.45, 7) is 0.562. The molecule has 1 atom stereocenters. The summed E-state index contributed by atoms with van der Waals surface area (Å²) in [6, 6.07) is 11.6. The Kier molecular flexibility index (Phi) is 3.68. The molecule has 0 aliphatic carbocycles. The van der Waals surface area contributed by atoms with Gasteiger partial charge in [0.2, 0.25) is 0 Å². The van der Waals surface area contributed by atoms with Crippen molar-refractivity contribution < 1.29 is 9.53 Å². The van der Waals surface area contributed by atoms with Crippen LogP contribution in [0.25, 0.3) is 0 Å². The van der Waals surface area contributed by atoms with Crippen LogP contribution in [-0.2, 0) is 17.8 Å². The lowest BCUT2D eigenvalue weighted by Gasteiger charge is -2.20. The molecule has 1 aliphatic rings. The van der Waals surface area contributed by atoms with E-state index in [1.54, 1.807) is 11.9 Å². The first kappa shape index (κ1) is 13.5. The van der Waals surface area contributed by atoms with E-state index in [0.29, 0.717) is 13.0 Å². The van der Waals surface area contributed by atoms with Crippen LogP contribution >= 0.6 is 22.9 Å². The number of fused-ring (bicyclic) bond motifs is 1. The molecule has 0 saturated heterocycles. The number of likely N-dealkylation sites (N-methyl/N-ethyl adjacent to an activating group) is 1. The third-order valence-electron chi connectivity index (χ3n) is 3.32. The summed E-state index contributed by atoms with van der Waals surface area (Å²) >= 11 is 7.40. The zero-order valence-electron chi connectivity index (χ0n) is 11.0. The monoisotopic (exact) mass is 307 g/mol. The van der Waals surface area contributed by atoms with Crippen molar-refractivity contribution in [3.8, 4) is 5.75 Å². The van der Waals surface area contributed by atoms with Crippen LogP contribution < -0.4 is 4.74 Å². The molecule has 0 N–H and O–H groups in total. The first-order valence-corrected chi connectivity index (χ1v) is 7.56. The Hall–Kier alpha value is -1.52. The number of carbonyl (C=O) groups excluding carboxylic acids is 1. The normalized spacial score (nSPS) is 16.6. The minimum absolute atomic E-state index is 0.00530. The third-order valence-corrected chi connectivity index (χ3v) is 4.54. The molecule has 0 radical (unpaired) electrons. The fourth-order valence-corrected chi connectivity index (χ4v) is 3.46. The van der Waals surface area contributed by atoms with Crippen LogP contribution in [0.1, 0.15) is 10.4 Å². The highest BCUT2D eigenvalue weighted by atomic mass is 35.5. The van der Waals surface area contributed by atoms with E-state index < -0.39 is 6.10 Å². The zero-order valence-corrected chi connectivity index (χ0v) is 12.6. The molecule has 1 unspecified atom stereocenters. The SMILES string of the molecule is CN(Cc1ccc(Cl)s1)C(=O)C1Cc2ccccc2O1. The Bertz CT molecular complexity index is 615. The number of nitrogens with zero attached hydrogens (tertiary/aromatic N) is 1. The number of thiophene rings is 1. The summed E-state index contributed by atoms with van der Waals surface area (Å²) in [5, 5.41) is 0. The summed E-state index contributed by atoms with van der Waals surface area (Å²) in [7, 11) is 1.79. The lowest BCUT2D eigenvalue weighted by atomic mass is 10.1. The van der Waals surface area contributed by atoms with E-state index in [0.717, 1.165) is 20.5 Å². The Labute approximate surface area is 126 Å². The lowest BCUT2D eigenvalue weighted by molar-refractivity contribution is -0.137. The van der Waals surface area contributed by atoms with Crippen LogP contribution in [0.2, 0.25) is 4.34 Å². The molecular formula is C15H14ClNO2S. The summed E-state index contributed by atoms with van der Waals surface area (Å²) in [6.07, 6.45) is 0.234. The second-order valence-electron chi connectivity index (χ2n) is 4.82. The Morgan fingerprint density at radius 3 is 2.90 bits per heavy atom. The molecule has 0 spiro atoms. The molecule has 1 aromatic heterocycles. The number of benzene rings is 1. The predicted octanol–water partition coefficient (Wildman–Crippen LogP) is 3.36. The van der Waals surface area contributed by atoms with E-state index in [-0.39, 0.29) is 5.91 Å². The Morgan fingerprint density at radius 2 is 2.20 bits per heavy atom. The van der Waals surface area contributed by atoms with Crippen molar-refractivity contribution in [2.45, 2.75) is 19.1 Å². The van der Waals surface area contributed by atoms with E-state index in [4.69, 9.17) is 16.3 Å². The fraction of sp³-hybridized carbons (Fsp3) is 0.267. The topological polar surface area (TPSA) is 29.5 Å². The number of carbonyl (C=O) groups is 1. The first-order valence-electron chi connectivity index (χ1n) is 6.37. The number of halogens is 1. The molecule has 3 nitrogen and oxygen atoms in total. The van der Waals surface area contributed by atoms with Gasteiger partial charge in [0, 0.05) is 18.3 Å². The molecule has 2 aromatic rings. The van der Waals surface area contributed by atoms with Crippen LogP contribution in [0, 0.1) is 0 Å². The van der Waals surface area contributed by atoms with Crippen LogP contribution in [0.4, 0.5) is 0 Å². The molecule has 20 heavy (non-hydrogen) atoms. The van der Waals surface area contributed by atoms with Crippen LogP contribution in [-0.4, -0.2) is 24.0 Å². The van der Waals surface area contributed by atoms with Crippen molar-refractivity contribution in [2.24, 2.45) is 0 Å². The zero-order chi connectivity index (χ0) is 14.1. The maximum atomic E-state index is 12.4. The number of hydrogen-bond acceptors (Lipinski definition) is 3. The largest absolute Gasteiger partial charge is 0.480 e. The first-order chi connectivity index (χ1) is 9.63. The van der Waals surface area contributed by atoms with E-state index in [1.165, 1.54) is 11.3 Å². The van der Waals surface area contributed by atoms with Gasteiger partial charge < -0.3 is 9.64 Å². The van der Waals surface area contributed by atoms with E-state index in [1.807, 2.05) is 36.4 Å². The molecule has 2 heterocycles. The van der Waals surface area contributed by atoms with Crippen molar-refractivity contribution in [2.75, 3.05) is 7.05 Å². The molecule has 0 bridgehead atoms. The maximum Gasteiger partial charge on any atom is 0.264 e. The molecule has 3 rings (SSSR count). The molecule has 1 aromatic carbocycles. The van der Waals surface area contributed by atoms with Crippen LogP contribution in [0.15, 0.2) is 36.4 Å². The van der Waals surface area contributed by atoms with Crippen molar-refractivity contribution in [3.63, 3.8) is 0 Å². The average molecular weight is 308 g/mol. The third kappa shape index (κ3) is 2.67. The summed E-state index contributed by atoms with van der Waals surface area (Å²) in [4.78, 5) is 15.2. The Morgan fingerprint density at radius 1 is 1.40 bits per heavy atom. The molecular weight excluding hydrogens is 294 g/mol. The lowest BCUT2D eigenvalue weighted by Crippen LogP contribution is -2.38. The van der Waals surface area contributed by atoms with Gasteiger partial charge in [0.15, 0.2) is 6.10 Å². The second kappa shape index (κ2) is 5.46. The maximum absolute atomic E-state index is 12.4. The fourth-order valence-electron chi connectivity index (χ4n) is 2.31. The molecule has 104 valence electrons. The number of rotatable bonds is 3. The van der Waals surface area contributed by atoms with Gasteiger partial charge in [-0.15, -0.1) is 11.3 Å². The molecule has 1 aliphatic heterocycles. The quantitative estimate of drug-likeness (QED) is 0.870. The van der Waals surface area contributed by atoms with Gasteiger partial charge in [0.05, 0.1) is 10.9 Å². The second-order valence-corrected chi connectivity index (χ2v) is 6.62. The van der Waals surface area contributed by atoms with E-state index in [9.17, 15) is 4.79 Å².